The van der Waals surface area contributed by atoms with E-state index in [0.717, 1.165) is 30.1 Å². The number of Topliss-reactive ketones (excluding diaryl/α,β-unsaturated/α-hetero) is 1. The lowest BCUT2D eigenvalue weighted by atomic mass is 9.88. The molecule has 4 nitrogen and oxygen atoms in total. The summed E-state index contributed by atoms with van der Waals surface area (Å²) < 4.78 is 0. The molecule has 1 aromatic carbocycles. The highest BCUT2D eigenvalue weighted by atomic mass is 16.2. The predicted molar refractivity (Wildman–Crippen MR) is 110 cm³/mol. The van der Waals surface area contributed by atoms with Crippen molar-refractivity contribution in [2.45, 2.75) is 101 Å². The molecule has 4 heteroatoms. The van der Waals surface area contributed by atoms with E-state index in [-0.39, 0.29) is 24.2 Å². The van der Waals surface area contributed by atoms with E-state index in [1.165, 1.54) is 57.8 Å². The maximum atomic E-state index is 12.9. The van der Waals surface area contributed by atoms with Gasteiger partial charge in [0.05, 0.1) is 0 Å². The van der Waals surface area contributed by atoms with Crippen molar-refractivity contribution in [2.75, 3.05) is 4.90 Å². The van der Waals surface area contributed by atoms with Gasteiger partial charge in [0.15, 0.2) is 0 Å². The Morgan fingerprint density at radius 1 is 0.714 bits per heavy atom. The molecule has 3 atom stereocenters. The van der Waals surface area contributed by atoms with Crippen LogP contribution in [0.4, 0.5) is 5.69 Å². The van der Waals surface area contributed by atoms with Crippen LogP contribution in [-0.4, -0.2) is 40.8 Å². The number of carbonyl (C=O) groups is 2. The van der Waals surface area contributed by atoms with Crippen molar-refractivity contribution in [3.8, 4) is 0 Å². The summed E-state index contributed by atoms with van der Waals surface area (Å²) >= 11 is 0. The third kappa shape index (κ3) is 3.20. The van der Waals surface area contributed by atoms with E-state index in [4.69, 9.17) is 0 Å². The molecule has 150 valence electrons. The number of amides is 1. The first kappa shape index (κ1) is 18.4. The van der Waals surface area contributed by atoms with Crippen LogP contribution in [0, 0.1) is 0 Å². The Morgan fingerprint density at radius 2 is 1.36 bits per heavy atom. The van der Waals surface area contributed by atoms with Gasteiger partial charge >= 0.3 is 0 Å². The minimum atomic E-state index is -0.275. The lowest BCUT2D eigenvalue weighted by Gasteiger charge is -2.47. The van der Waals surface area contributed by atoms with Crippen LogP contribution in [0.1, 0.15) is 76.2 Å². The van der Waals surface area contributed by atoms with Gasteiger partial charge in [-0.3, -0.25) is 14.5 Å². The highest BCUT2D eigenvalue weighted by Gasteiger charge is 2.47. The van der Waals surface area contributed by atoms with Gasteiger partial charge in [-0.15, -0.1) is 0 Å². The Morgan fingerprint density at radius 3 is 2.07 bits per heavy atom. The van der Waals surface area contributed by atoms with E-state index in [9.17, 15) is 9.59 Å². The lowest BCUT2D eigenvalue weighted by Crippen LogP contribution is -2.57. The van der Waals surface area contributed by atoms with Crippen LogP contribution < -0.4 is 4.90 Å². The number of hydrogen-bond donors (Lipinski definition) is 0. The molecule has 0 N–H and O–H groups in total. The van der Waals surface area contributed by atoms with Crippen LogP contribution >= 0.6 is 0 Å². The van der Waals surface area contributed by atoms with Gasteiger partial charge in [-0.1, -0.05) is 50.3 Å². The number of fused-ring (bicyclic) bond motifs is 3. The minimum absolute atomic E-state index is 0.181. The van der Waals surface area contributed by atoms with Crippen molar-refractivity contribution in [2.24, 2.45) is 0 Å². The van der Waals surface area contributed by atoms with Gasteiger partial charge in [-0.25, -0.2) is 0 Å². The van der Waals surface area contributed by atoms with E-state index in [1.807, 2.05) is 29.2 Å². The molecule has 0 spiro atoms. The molecule has 4 aliphatic rings. The highest BCUT2D eigenvalue weighted by molar-refractivity contribution is 6.43. The van der Waals surface area contributed by atoms with Crippen LogP contribution in [-0.2, 0) is 16.0 Å². The Kier molecular flexibility index (Phi) is 5.00. The van der Waals surface area contributed by atoms with Gasteiger partial charge in [0.1, 0.15) is 0 Å². The molecule has 3 fully saturated rings. The van der Waals surface area contributed by atoms with Crippen LogP contribution in [0.3, 0.4) is 0 Å². The van der Waals surface area contributed by atoms with E-state index >= 15 is 0 Å². The van der Waals surface area contributed by atoms with Gasteiger partial charge < -0.3 is 4.90 Å². The maximum absolute atomic E-state index is 12.9. The number of para-hydroxylation sites is 1. The molecule has 5 rings (SSSR count). The highest BCUT2D eigenvalue weighted by Crippen LogP contribution is 2.43. The fourth-order valence-corrected chi connectivity index (χ4v) is 6.47. The molecule has 1 amide bonds. The van der Waals surface area contributed by atoms with E-state index in [2.05, 4.69) is 4.90 Å². The predicted octanol–water partition coefficient (Wildman–Crippen LogP) is 4.25. The number of benzene rings is 1. The largest absolute Gasteiger partial charge is 0.302 e. The Labute approximate surface area is 168 Å². The quantitative estimate of drug-likeness (QED) is 0.720. The molecule has 28 heavy (non-hydrogen) atoms. The van der Waals surface area contributed by atoms with Crippen LogP contribution in [0.2, 0.25) is 0 Å². The third-order valence-corrected chi connectivity index (χ3v) is 7.69. The average Bonchev–Trinajstić information content (AvgIpc) is 2.92. The van der Waals surface area contributed by atoms with Crippen molar-refractivity contribution in [3.05, 3.63) is 29.8 Å². The summed E-state index contributed by atoms with van der Waals surface area (Å²) in [5.41, 5.74) is 2.00. The Hall–Kier alpha value is -1.68. The van der Waals surface area contributed by atoms with Crippen molar-refractivity contribution < 1.29 is 9.59 Å². The molecule has 3 aliphatic heterocycles. The van der Waals surface area contributed by atoms with Gasteiger partial charge in [0.2, 0.25) is 5.78 Å². The molecule has 0 aromatic heterocycles. The summed E-state index contributed by atoms with van der Waals surface area (Å²) in [6.45, 7) is 0. The molecule has 1 saturated carbocycles. The van der Waals surface area contributed by atoms with Crippen molar-refractivity contribution in [1.82, 2.24) is 4.90 Å². The van der Waals surface area contributed by atoms with E-state index in [0.29, 0.717) is 12.1 Å². The average molecular weight is 381 g/mol. The Balaban J connectivity index is 1.37. The van der Waals surface area contributed by atoms with Crippen LogP contribution in [0.25, 0.3) is 0 Å². The number of nitrogens with zero attached hydrogens (tertiary/aromatic N) is 2. The molecule has 1 aromatic rings. The second-order valence-corrected chi connectivity index (χ2v) is 9.36. The monoisotopic (exact) mass is 380 g/mol. The first-order chi connectivity index (χ1) is 13.7. The normalized spacial score (nSPS) is 32.1. The van der Waals surface area contributed by atoms with E-state index < -0.39 is 0 Å². The smallest absolute Gasteiger partial charge is 0.294 e. The maximum Gasteiger partial charge on any atom is 0.294 e. The molecule has 1 aliphatic carbocycles. The summed E-state index contributed by atoms with van der Waals surface area (Å²) in [6, 6.07) is 10.1. The van der Waals surface area contributed by atoms with Gasteiger partial charge in [-0.05, 0) is 50.2 Å². The lowest BCUT2D eigenvalue weighted by molar-refractivity contribution is -0.136. The summed E-state index contributed by atoms with van der Waals surface area (Å²) in [5.74, 6) is -0.518. The van der Waals surface area contributed by atoms with Crippen molar-refractivity contribution >= 4 is 17.4 Å². The first-order valence-electron chi connectivity index (χ1n) is 11.4. The minimum Gasteiger partial charge on any atom is -0.302 e. The van der Waals surface area contributed by atoms with Crippen molar-refractivity contribution in [1.29, 1.82) is 0 Å². The number of piperidine rings is 1. The summed E-state index contributed by atoms with van der Waals surface area (Å²) in [5, 5.41) is 0. The molecular weight excluding hydrogens is 348 g/mol. The molecule has 3 heterocycles. The summed E-state index contributed by atoms with van der Waals surface area (Å²) in [4.78, 5) is 29.9. The number of ketones is 1. The van der Waals surface area contributed by atoms with Crippen LogP contribution in [0.15, 0.2) is 24.3 Å². The third-order valence-electron chi connectivity index (χ3n) is 7.69. The summed E-state index contributed by atoms with van der Waals surface area (Å²) in [7, 11) is 0. The number of rotatable bonds is 2. The summed E-state index contributed by atoms with van der Waals surface area (Å²) in [6.07, 6.45) is 14.5. The number of carbonyl (C=O) groups excluding carboxylic acids is 2. The zero-order chi connectivity index (χ0) is 19.1. The standard InChI is InChI=1S/C24H32N2O2/c27-23-14-17-8-6-7-11-22(17)26(24(23)28)21-15-19-12-13-20(16-21)25(19)18-9-4-2-1-3-5-10-18/h6-8,11,18-21H,1-5,9-10,12-16H2/t19-,20+,21?. The zero-order valence-corrected chi connectivity index (χ0v) is 16.8. The van der Waals surface area contributed by atoms with Crippen molar-refractivity contribution in [3.63, 3.8) is 0 Å². The molecule has 1 unspecified atom stereocenters. The second-order valence-electron chi connectivity index (χ2n) is 9.36. The molecular formula is C24H32N2O2. The van der Waals surface area contributed by atoms with Gasteiger partial charge in [0.25, 0.3) is 5.91 Å². The SMILES string of the molecule is O=C1Cc2ccccc2N(C2C[C@H]3CC[C@@H](C2)N3C2CCCCCCC2)C1=O. The van der Waals surface area contributed by atoms with Crippen LogP contribution in [0.5, 0.6) is 0 Å². The molecule has 2 bridgehead atoms. The molecule has 0 radical (unpaired) electrons. The second kappa shape index (κ2) is 7.62. The fraction of sp³-hybridized carbons (Fsp3) is 0.667. The first-order valence-corrected chi connectivity index (χ1v) is 11.4. The van der Waals surface area contributed by atoms with Gasteiger partial charge in [-0.2, -0.15) is 0 Å². The Bertz CT molecular complexity index is 739. The fourth-order valence-electron chi connectivity index (χ4n) is 6.47. The van der Waals surface area contributed by atoms with Gasteiger partial charge in [0, 0.05) is 36.3 Å². The zero-order valence-electron chi connectivity index (χ0n) is 16.8. The topological polar surface area (TPSA) is 40.6 Å². The van der Waals surface area contributed by atoms with E-state index in [1.54, 1.807) is 0 Å². The number of anilines is 1. The number of hydrogen-bond acceptors (Lipinski definition) is 3. The molecule has 2 saturated heterocycles.